The maximum Gasteiger partial charge on any atom is 0.322 e. The van der Waals surface area contributed by atoms with Gasteiger partial charge in [-0.05, 0) is 18.4 Å². The molecule has 86 valence electrons. The SMILES string of the molecule is CSc1ccccc1NC(=O)N1CCSC1. The van der Waals surface area contributed by atoms with Crippen molar-refractivity contribution in [3.05, 3.63) is 24.3 Å². The molecule has 1 aromatic rings. The predicted octanol–water partition coefficient (Wildman–Crippen LogP) is 2.95. The van der Waals surface area contributed by atoms with Crippen LogP contribution in [0, 0.1) is 0 Å². The molecule has 3 nitrogen and oxygen atoms in total. The molecule has 16 heavy (non-hydrogen) atoms. The van der Waals surface area contributed by atoms with Gasteiger partial charge >= 0.3 is 6.03 Å². The summed E-state index contributed by atoms with van der Waals surface area (Å²) in [5.74, 6) is 1.84. The molecule has 1 fully saturated rings. The second kappa shape index (κ2) is 5.50. The first kappa shape index (κ1) is 11.7. The highest BCUT2D eigenvalue weighted by Crippen LogP contribution is 2.25. The number of anilines is 1. The maximum absolute atomic E-state index is 11.9. The number of para-hydroxylation sites is 1. The van der Waals surface area contributed by atoms with E-state index < -0.39 is 0 Å². The van der Waals surface area contributed by atoms with E-state index in [2.05, 4.69) is 5.32 Å². The summed E-state index contributed by atoms with van der Waals surface area (Å²) in [7, 11) is 0. The minimum atomic E-state index is 0.00602. The summed E-state index contributed by atoms with van der Waals surface area (Å²) in [6, 6.07) is 7.87. The molecule has 1 aromatic carbocycles. The summed E-state index contributed by atoms with van der Waals surface area (Å²) >= 11 is 3.43. The van der Waals surface area contributed by atoms with Crippen molar-refractivity contribution in [1.29, 1.82) is 0 Å². The molecule has 5 heteroatoms. The molecule has 0 unspecified atom stereocenters. The number of amides is 2. The zero-order valence-corrected chi connectivity index (χ0v) is 10.7. The molecule has 0 bridgehead atoms. The molecule has 1 aliphatic rings. The number of thioether (sulfide) groups is 2. The zero-order chi connectivity index (χ0) is 11.4. The Kier molecular flexibility index (Phi) is 4.01. The lowest BCUT2D eigenvalue weighted by Crippen LogP contribution is -2.32. The van der Waals surface area contributed by atoms with Crippen molar-refractivity contribution >= 4 is 35.2 Å². The first-order valence-electron chi connectivity index (χ1n) is 5.08. The summed E-state index contributed by atoms with van der Waals surface area (Å²) in [6.07, 6.45) is 2.01. The Bertz CT molecular complexity index is 378. The normalized spacial score (nSPS) is 15.2. The van der Waals surface area contributed by atoms with E-state index in [4.69, 9.17) is 0 Å². The van der Waals surface area contributed by atoms with Gasteiger partial charge in [-0.3, -0.25) is 0 Å². The van der Waals surface area contributed by atoms with E-state index in [-0.39, 0.29) is 6.03 Å². The quantitative estimate of drug-likeness (QED) is 0.824. The third kappa shape index (κ3) is 2.65. The van der Waals surface area contributed by atoms with Crippen molar-refractivity contribution in [3.8, 4) is 0 Å². The lowest BCUT2D eigenvalue weighted by atomic mass is 10.3. The summed E-state index contributed by atoms with van der Waals surface area (Å²) in [5, 5.41) is 2.96. The first-order valence-corrected chi connectivity index (χ1v) is 7.46. The van der Waals surface area contributed by atoms with Crippen molar-refractivity contribution in [2.24, 2.45) is 0 Å². The van der Waals surface area contributed by atoms with Crippen LogP contribution in [0.1, 0.15) is 0 Å². The summed E-state index contributed by atoms with van der Waals surface area (Å²) < 4.78 is 0. The molecule has 1 aliphatic heterocycles. The maximum atomic E-state index is 11.9. The third-order valence-electron chi connectivity index (χ3n) is 2.39. The highest BCUT2D eigenvalue weighted by Gasteiger charge is 2.18. The van der Waals surface area contributed by atoms with E-state index in [1.165, 1.54) is 0 Å². The molecule has 0 aromatic heterocycles. The summed E-state index contributed by atoms with van der Waals surface area (Å²) in [5.41, 5.74) is 0.900. The van der Waals surface area contributed by atoms with E-state index in [0.29, 0.717) is 0 Å². The fourth-order valence-corrected chi connectivity index (χ4v) is 3.02. The van der Waals surface area contributed by atoms with Crippen LogP contribution in [0.5, 0.6) is 0 Å². The zero-order valence-electron chi connectivity index (χ0n) is 9.10. The number of rotatable bonds is 2. The van der Waals surface area contributed by atoms with Crippen LogP contribution < -0.4 is 5.32 Å². The Morgan fingerprint density at radius 2 is 2.31 bits per heavy atom. The number of carbonyl (C=O) groups is 1. The second-order valence-corrected chi connectivity index (χ2v) is 5.35. The molecule has 2 rings (SSSR count). The van der Waals surface area contributed by atoms with Crippen LogP contribution in [0.4, 0.5) is 10.5 Å². The van der Waals surface area contributed by atoms with Gasteiger partial charge in [0.25, 0.3) is 0 Å². The fraction of sp³-hybridized carbons (Fsp3) is 0.364. The Morgan fingerprint density at radius 3 is 3.00 bits per heavy atom. The Balaban J connectivity index is 2.05. The number of benzene rings is 1. The van der Waals surface area contributed by atoms with Gasteiger partial charge in [0.2, 0.25) is 0 Å². The van der Waals surface area contributed by atoms with E-state index in [1.807, 2.05) is 35.4 Å². The van der Waals surface area contributed by atoms with Crippen molar-refractivity contribution < 1.29 is 4.79 Å². The van der Waals surface area contributed by atoms with Gasteiger partial charge in [-0.25, -0.2) is 4.79 Å². The van der Waals surface area contributed by atoms with E-state index in [0.717, 1.165) is 28.8 Å². The number of nitrogens with one attached hydrogen (secondary N) is 1. The molecule has 0 saturated carbocycles. The number of carbonyl (C=O) groups excluding carboxylic acids is 1. The topological polar surface area (TPSA) is 32.3 Å². The van der Waals surface area contributed by atoms with Crippen molar-refractivity contribution in [1.82, 2.24) is 4.90 Å². The van der Waals surface area contributed by atoms with Crippen LogP contribution in [0.2, 0.25) is 0 Å². The third-order valence-corrected chi connectivity index (χ3v) is 4.15. The van der Waals surface area contributed by atoms with Crippen LogP contribution in [-0.2, 0) is 0 Å². The molecule has 0 atom stereocenters. The number of urea groups is 1. The van der Waals surface area contributed by atoms with Gasteiger partial charge in [-0.1, -0.05) is 12.1 Å². The Labute approximate surface area is 104 Å². The van der Waals surface area contributed by atoms with Gasteiger partial charge in [0, 0.05) is 17.2 Å². The van der Waals surface area contributed by atoms with Gasteiger partial charge in [0.15, 0.2) is 0 Å². The van der Waals surface area contributed by atoms with Gasteiger partial charge in [0.05, 0.1) is 11.6 Å². The van der Waals surface area contributed by atoms with Gasteiger partial charge in [-0.2, -0.15) is 0 Å². The monoisotopic (exact) mass is 254 g/mol. The fourth-order valence-electron chi connectivity index (χ4n) is 1.52. The molecule has 1 heterocycles. The van der Waals surface area contributed by atoms with E-state index >= 15 is 0 Å². The molecule has 1 N–H and O–H groups in total. The van der Waals surface area contributed by atoms with Crippen LogP contribution in [-0.4, -0.2) is 35.4 Å². The number of hydrogen-bond donors (Lipinski definition) is 1. The Morgan fingerprint density at radius 1 is 1.50 bits per heavy atom. The first-order chi connectivity index (χ1) is 7.81. The predicted molar refractivity (Wildman–Crippen MR) is 71.3 cm³/mol. The smallest absolute Gasteiger partial charge is 0.314 e. The molecule has 0 spiro atoms. The van der Waals surface area contributed by atoms with Crippen molar-refractivity contribution in [2.75, 3.05) is 29.7 Å². The second-order valence-electron chi connectivity index (χ2n) is 3.43. The molecule has 0 aliphatic carbocycles. The van der Waals surface area contributed by atoms with Crippen LogP contribution in [0.15, 0.2) is 29.2 Å². The molecular formula is C11H14N2OS2. The lowest BCUT2D eigenvalue weighted by Gasteiger charge is -2.16. The lowest BCUT2D eigenvalue weighted by molar-refractivity contribution is 0.225. The number of hydrogen-bond acceptors (Lipinski definition) is 3. The summed E-state index contributed by atoms with van der Waals surface area (Å²) in [4.78, 5) is 14.8. The minimum absolute atomic E-state index is 0.00602. The molecule has 2 amide bonds. The van der Waals surface area contributed by atoms with E-state index in [9.17, 15) is 4.79 Å². The van der Waals surface area contributed by atoms with Crippen molar-refractivity contribution in [3.63, 3.8) is 0 Å². The highest BCUT2D eigenvalue weighted by atomic mass is 32.2. The van der Waals surface area contributed by atoms with Crippen LogP contribution >= 0.6 is 23.5 Å². The molecular weight excluding hydrogens is 240 g/mol. The molecule has 1 saturated heterocycles. The standard InChI is InChI=1S/C11H14N2OS2/c1-15-10-5-3-2-4-9(10)12-11(14)13-6-7-16-8-13/h2-5H,6-8H2,1H3,(H,12,14). The average Bonchev–Trinajstić information content (AvgIpc) is 2.83. The average molecular weight is 254 g/mol. The van der Waals surface area contributed by atoms with Crippen LogP contribution in [0.25, 0.3) is 0 Å². The number of nitrogens with zero attached hydrogens (tertiary/aromatic N) is 1. The van der Waals surface area contributed by atoms with Crippen LogP contribution in [0.3, 0.4) is 0 Å². The van der Waals surface area contributed by atoms with Gasteiger partial charge in [0.1, 0.15) is 0 Å². The van der Waals surface area contributed by atoms with Gasteiger partial charge in [-0.15, -0.1) is 23.5 Å². The largest absolute Gasteiger partial charge is 0.322 e. The van der Waals surface area contributed by atoms with Crippen molar-refractivity contribution in [2.45, 2.75) is 4.90 Å². The summed E-state index contributed by atoms with van der Waals surface area (Å²) in [6.45, 7) is 0.845. The highest BCUT2D eigenvalue weighted by molar-refractivity contribution is 7.99. The van der Waals surface area contributed by atoms with E-state index in [1.54, 1.807) is 23.5 Å². The minimum Gasteiger partial charge on any atom is -0.314 e. The Hall–Kier alpha value is -0.810. The molecule has 0 radical (unpaired) electrons. The van der Waals surface area contributed by atoms with Gasteiger partial charge < -0.3 is 10.2 Å².